The van der Waals surface area contributed by atoms with Gasteiger partial charge in [0.05, 0.1) is 0 Å². The van der Waals surface area contributed by atoms with E-state index in [9.17, 15) is 9.18 Å². The fourth-order valence-electron chi connectivity index (χ4n) is 3.04. The Balaban J connectivity index is 1.48. The van der Waals surface area contributed by atoms with Crippen molar-refractivity contribution in [2.45, 2.75) is 19.3 Å². The van der Waals surface area contributed by atoms with Gasteiger partial charge in [-0.1, -0.05) is 19.9 Å². The number of aromatic nitrogens is 1. The summed E-state index contributed by atoms with van der Waals surface area (Å²) in [7, 11) is 0. The summed E-state index contributed by atoms with van der Waals surface area (Å²) >= 11 is 0. The molecule has 1 aliphatic heterocycles. The van der Waals surface area contributed by atoms with E-state index in [1.54, 1.807) is 12.1 Å². The molecule has 2 N–H and O–H groups in total. The van der Waals surface area contributed by atoms with Gasteiger partial charge in [0.1, 0.15) is 11.5 Å². The number of H-pyrrole nitrogens is 1. The molecule has 1 aromatic heterocycles. The lowest BCUT2D eigenvalue weighted by Crippen LogP contribution is -2.36. The number of rotatable bonds is 4. The van der Waals surface area contributed by atoms with Crippen LogP contribution in [-0.4, -0.2) is 24.2 Å². The first-order valence-corrected chi connectivity index (χ1v) is 8.39. The molecule has 0 saturated heterocycles. The van der Waals surface area contributed by atoms with Crippen LogP contribution in [0, 0.1) is 5.82 Å². The molecule has 4 rings (SSSR count). The van der Waals surface area contributed by atoms with E-state index in [4.69, 9.17) is 9.47 Å². The van der Waals surface area contributed by atoms with Crippen LogP contribution in [0.4, 0.5) is 4.39 Å². The van der Waals surface area contributed by atoms with Gasteiger partial charge in [0.2, 0.25) is 6.79 Å². The number of halogens is 1. The van der Waals surface area contributed by atoms with Gasteiger partial charge in [-0.15, -0.1) is 0 Å². The van der Waals surface area contributed by atoms with Gasteiger partial charge < -0.3 is 19.8 Å². The summed E-state index contributed by atoms with van der Waals surface area (Å²) < 4.78 is 24.1. The van der Waals surface area contributed by atoms with E-state index >= 15 is 0 Å². The summed E-state index contributed by atoms with van der Waals surface area (Å²) in [6, 6.07) is 11.8. The summed E-state index contributed by atoms with van der Waals surface area (Å²) in [6.45, 7) is 4.77. The maximum atomic E-state index is 13.3. The number of aromatic amines is 1. The van der Waals surface area contributed by atoms with Crippen molar-refractivity contribution >= 4 is 16.8 Å². The lowest BCUT2D eigenvalue weighted by atomic mass is 9.84. The number of carbonyl (C=O) groups excluding carboxylic acids is 1. The fraction of sp³-hybridized carbons (Fsp3) is 0.250. The number of hydrogen-bond donors (Lipinski definition) is 2. The van der Waals surface area contributed by atoms with E-state index < -0.39 is 0 Å². The van der Waals surface area contributed by atoms with Gasteiger partial charge in [-0.3, -0.25) is 4.79 Å². The predicted octanol–water partition coefficient (Wildman–Crippen LogP) is 3.74. The quantitative estimate of drug-likeness (QED) is 0.750. The second-order valence-corrected chi connectivity index (χ2v) is 7.05. The minimum absolute atomic E-state index is 0.226. The van der Waals surface area contributed by atoms with Crippen LogP contribution in [0.2, 0.25) is 0 Å². The summed E-state index contributed by atoms with van der Waals surface area (Å²) in [5.41, 5.74) is 1.88. The highest BCUT2D eigenvalue weighted by atomic mass is 19.1. The molecule has 0 aliphatic carbocycles. The molecule has 134 valence electrons. The van der Waals surface area contributed by atoms with Crippen LogP contribution in [0.3, 0.4) is 0 Å². The minimum Gasteiger partial charge on any atom is -0.454 e. The molecule has 1 amide bonds. The van der Waals surface area contributed by atoms with Crippen molar-refractivity contribution in [2.24, 2.45) is 0 Å². The van der Waals surface area contributed by atoms with Gasteiger partial charge in [-0.05, 0) is 42.0 Å². The predicted molar refractivity (Wildman–Crippen MR) is 96.2 cm³/mol. The fourth-order valence-corrected chi connectivity index (χ4v) is 3.04. The monoisotopic (exact) mass is 354 g/mol. The first-order chi connectivity index (χ1) is 12.4. The molecule has 6 heteroatoms. The van der Waals surface area contributed by atoms with Crippen molar-refractivity contribution in [3.8, 4) is 11.5 Å². The van der Waals surface area contributed by atoms with Crippen molar-refractivity contribution in [1.29, 1.82) is 0 Å². The molecule has 0 saturated carbocycles. The van der Waals surface area contributed by atoms with Crippen molar-refractivity contribution < 1.29 is 18.7 Å². The van der Waals surface area contributed by atoms with Crippen molar-refractivity contribution in [3.05, 3.63) is 59.5 Å². The molecule has 0 radical (unpaired) electrons. The maximum Gasteiger partial charge on any atom is 0.267 e. The molecule has 0 atom stereocenters. The van der Waals surface area contributed by atoms with E-state index in [0.29, 0.717) is 17.6 Å². The highest BCUT2D eigenvalue weighted by Gasteiger charge is 2.25. The first-order valence-electron chi connectivity index (χ1n) is 8.39. The van der Waals surface area contributed by atoms with Crippen molar-refractivity contribution in [2.75, 3.05) is 13.3 Å². The number of ether oxygens (including phenoxy) is 2. The Labute approximate surface area is 150 Å². The Bertz CT molecular complexity index is 994. The first kappa shape index (κ1) is 16.4. The third-order valence-electron chi connectivity index (χ3n) is 4.67. The van der Waals surface area contributed by atoms with Crippen molar-refractivity contribution in [1.82, 2.24) is 10.3 Å². The van der Waals surface area contributed by atoms with Gasteiger partial charge in [0.25, 0.3) is 5.91 Å². The van der Waals surface area contributed by atoms with E-state index in [-0.39, 0.29) is 23.9 Å². The minimum atomic E-state index is -0.326. The van der Waals surface area contributed by atoms with Crippen LogP contribution in [0.25, 0.3) is 10.9 Å². The van der Waals surface area contributed by atoms with Gasteiger partial charge in [0.15, 0.2) is 11.5 Å². The normalized spacial score (nSPS) is 13.2. The zero-order valence-electron chi connectivity index (χ0n) is 14.6. The Morgan fingerprint density at radius 1 is 1.15 bits per heavy atom. The topological polar surface area (TPSA) is 63.4 Å². The number of fused-ring (bicyclic) bond motifs is 2. The summed E-state index contributed by atoms with van der Waals surface area (Å²) in [6.07, 6.45) is 0. The van der Waals surface area contributed by atoms with Crippen molar-refractivity contribution in [3.63, 3.8) is 0 Å². The lowest BCUT2D eigenvalue weighted by molar-refractivity contribution is 0.0941. The van der Waals surface area contributed by atoms with Crippen LogP contribution in [0.1, 0.15) is 29.9 Å². The zero-order chi connectivity index (χ0) is 18.3. The number of amides is 1. The molecule has 26 heavy (non-hydrogen) atoms. The van der Waals surface area contributed by atoms with Crippen LogP contribution < -0.4 is 14.8 Å². The van der Waals surface area contributed by atoms with Gasteiger partial charge in [-0.25, -0.2) is 4.39 Å². The standard InChI is InChI=1S/C20H19FN2O3/c1-20(2,13-3-6-17-18(9-13)26-11-25-17)10-22-19(24)16-8-12-7-14(21)4-5-15(12)23-16/h3-9,23H,10-11H2,1-2H3,(H,22,24). The SMILES string of the molecule is CC(C)(CNC(=O)c1cc2cc(F)ccc2[nH]1)c1ccc2c(c1)OCO2. The molecule has 0 spiro atoms. The molecule has 5 nitrogen and oxygen atoms in total. The smallest absolute Gasteiger partial charge is 0.267 e. The second-order valence-electron chi connectivity index (χ2n) is 7.05. The molecular formula is C20H19FN2O3. The van der Waals surface area contributed by atoms with Gasteiger partial charge in [0, 0.05) is 22.9 Å². The van der Waals surface area contributed by atoms with E-state index in [0.717, 1.165) is 22.6 Å². The molecule has 1 aliphatic rings. The highest BCUT2D eigenvalue weighted by Crippen LogP contribution is 2.36. The zero-order valence-corrected chi connectivity index (χ0v) is 14.6. The van der Waals surface area contributed by atoms with E-state index in [1.807, 2.05) is 32.0 Å². The number of carbonyl (C=O) groups is 1. The third kappa shape index (κ3) is 2.98. The van der Waals surface area contributed by atoms with Gasteiger partial charge in [-0.2, -0.15) is 0 Å². The maximum absolute atomic E-state index is 13.3. The van der Waals surface area contributed by atoms with Crippen LogP contribution in [0.5, 0.6) is 11.5 Å². The Kier molecular flexibility index (Phi) is 3.83. The average molecular weight is 354 g/mol. The summed E-state index contributed by atoms with van der Waals surface area (Å²) in [4.78, 5) is 15.5. The Morgan fingerprint density at radius 2 is 1.96 bits per heavy atom. The average Bonchev–Trinajstić information content (AvgIpc) is 3.25. The Morgan fingerprint density at radius 3 is 2.81 bits per heavy atom. The van der Waals surface area contributed by atoms with Crippen LogP contribution >= 0.6 is 0 Å². The van der Waals surface area contributed by atoms with Crippen LogP contribution in [0.15, 0.2) is 42.5 Å². The lowest BCUT2D eigenvalue weighted by Gasteiger charge is -2.25. The molecule has 0 bridgehead atoms. The van der Waals surface area contributed by atoms with E-state index in [1.165, 1.54) is 12.1 Å². The number of hydrogen-bond acceptors (Lipinski definition) is 3. The molecule has 3 aromatic rings. The van der Waals surface area contributed by atoms with Crippen LogP contribution in [-0.2, 0) is 5.41 Å². The van der Waals surface area contributed by atoms with E-state index in [2.05, 4.69) is 10.3 Å². The molecule has 2 aromatic carbocycles. The molecule has 0 fully saturated rings. The molecule has 0 unspecified atom stereocenters. The summed E-state index contributed by atoms with van der Waals surface area (Å²) in [5, 5.41) is 3.62. The highest BCUT2D eigenvalue weighted by molar-refractivity contribution is 5.98. The van der Waals surface area contributed by atoms with Gasteiger partial charge >= 0.3 is 0 Å². The molecular weight excluding hydrogens is 335 g/mol. The third-order valence-corrected chi connectivity index (χ3v) is 4.67. The largest absolute Gasteiger partial charge is 0.454 e. The summed E-state index contributed by atoms with van der Waals surface area (Å²) in [5.74, 6) is 0.904. The number of nitrogens with one attached hydrogen (secondary N) is 2. The second kappa shape index (κ2) is 6.05. The Hall–Kier alpha value is -3.02. The number of benzene rings is 2. The molecule has 2 heterocycles.